The van der Waals surface area contributed by atoms with Gasteiger partial charge in [-0.2, -0.15) is 0 Å². The molecule has 0 aliphatic carbocycles. The third kappa shape index (κ3) is 7.36. The molecule has 3 rings (SSSR count). The van der Waals surface area contributed by atoms with Crippen LogP contribution >= 0.6 is 27.5 Å². The molecule has 0 heterocycles. The summed E-state index contributed by atoms with van der Waals surface area (Å²) >= 11 is 9.41. The molecule has 1 unspecified atom stereocenters. The second-order valence-electron chi connectivity index (χ2n) is 8.77. The molecule has 3 aromatic carbocycles. The number of nitrogens with zero attached hydrogens (tertiary/aromatic N) is 2. The lowest BCUT2D eigenvalue weighted by atomic mass is 10.1. The zero-order chi connectivity index (χ0) is 27.9. The van der Waals surface area contributed by atoms with E-state index in [4.69, 9.17) is 11.6 Å². The lowest BCUT2D eigenvalue weighted by Crippen LogP contribution is -2.52. The van der Waals surface area contributed by atoms with Crippen molar-refractivity contribution < 1.29 is 18.0 Å². The molecule has 0 fully saturated rings. The molecule has 0 radical (unpaired) electrons. The molecule has 0 aliphatic heterocycles. The summed E-state index contributed by atoms with van der Waals surface area (Å²) in [4.78, 5) is 28.4. The fourth-order valence-corrected chi connectivity index (χ4v) is 5.78. The number of nitrogens with one attached hydrogen (secondary N) is 1. The maximum Gasteiger partial charge on any atom is 0.264 e. The predicted molar refractivity (Wildman–Crippen MR) is 155 cm³/mol. The van der Waals surface area contributed by atoms with Gasteiger partial charge in [-0.3, -0.25) is 13.9 Å². The fourth-order valence-electron chi connectivity index (χ4n) is 3.97. The fraction of sp³-hybridized carbons (Fsp3) is 0.286. The van der Waals surface area contributed by atoms with E-state index >= 15 is 0 Å². The van der Waals surface area contributed by atoms with E-state index in [0.717, 1.165) is 19.9 Å². The molecule has 38 heavy (non-hydrogen) atoms. The SMILES string of the molecule is CCNC(=O)C(CC)N(Cc1ccc(Cl)cc1)C(=O)CN(c1ccc(Br)cc1)S(=O)(=O)c1ccc(C)cc1. The first-order chi connectivity index (χ1) is 18.1. The van der Waals surface area contributed by atoms with Gasteiger partial charge in [-0.15, -0.1) is 0 Å². The summed E-state index contributed by atoms with van der Waals surface area (Å²) in [5.74, 6) is -0.800. The van der Waals surface area contributed by atoms with Crippen LogP contribution < -0.4 is 9.62 Å². The van der Waals surface area contributed by atoms with Crippen LogP contribution in [0.25, 0.3) is 0 Å². The van der Waals surface area contributed by atoms with Crippen LogP contribution in [0, 0.1) is 6.92 Å². The summed E-state index contributed by atoms with van der Waals surface area (Å²) in [7, 11) is -4.10. The number of likely N-dealkylation sites (N-methyl/N-ethyl adjacent to an activating group) is 1. The van der Waals surface area contributed by atoms with Gasteiger partial charge < -0.3 is 10.2 Å². The van der Waals surface area contributed by atoms with Gasteiger partial charge in [0.15, 0.2) is 0 Å². The summed E-state index contributed by atoms with van der Waals surface area (Å²) in [6.45, 7) is 5.53. The van der Waals surface area contributed by atoms with E-state index in [9.17, 15) is 18.0 Å². The molecule has 1 N–H and O–H groups in total. The van der Waals surface area contributed by atoms with E-state index in [2.05, 4.69) is 21.2 Å². The molecule has 0 saturated heterocycles. The highest BCUT2D eigenvalue weighted by atomic mass is 79.9. The predicted octanol–water partition coefficient (Wildman–Crippen LogP) is 5.55. The number of carbonyl (C=O) groups excluding carboxylic acids is 2. The molecule has 7 nitrogen and oxygen atoms in total. The highest BCUT2D eigenvalue weighted by Crippen LogP contribution is 2.26. The van der Waals surface area contributed by atoms with E-state index in [1.54, 1.807) is 67.6 Å². The molecular formula is C28H31BrClN3O4S. The zero-order valence-electron chi connectivity index (χ0n) is 21.5. The molecule has 0 aliphatic rings. The second kappa shape index (κ2) is 13.3. The minimum absolute atomic E-state index is 0.0684. The van der Waals surface area contributed by atoms with Gasteiger partial charge in [0.2, 0.25) is 11.8 Å². The molecule has 2 amide bonds. The van der Waals surface area contributed by atoms with E-state index in [1.165, 1.54) is 17.0 Å². The molecule has 0 spiro atoms. The Morgan fingerprint density at radius 2 is 1.55 bits per heavy atom. The molecule has 10 heteroatoms. The Morgan fingerprint density at radius 1 is 0.947 bits per heavy atom. The summed E-state index contributed by atoms with van der Waals surface area (Å²) < 4.78 is 29.5. The van der Waals surface area contributed by atoms with Crippen LogP contribution in [0.3, 0.4) is 0 Å². The number of benzene rings is 3. The van der Waals surface area contributed by atoms with Crippen molar-refractivity contribution in [3.05, 3.63) is 93.4 Å². The van der Waals surface area contributed by atoms with Gasteiger partial charge in [-0.1, -0.05) is 64.3 Å². The van der Waals surface area contributed by atoms with Crippen molar-refractivity contribution in [2.45, 2.75) is 44.7 Å². The van der Waals surface area contributed by atoms with Gasteiger partial charge in [-0.25, -0.2) is 8.42 Å². The number of hydrogen-bond donors (Lipinski definition) is 1. The van der Waals surface area contributed by atoms with E-state index in [-0.39, 0.29) is 17.3 Å². The Balaban J connectivity index is 2.04. The van der Waals surface area contributed by atoms with E-state index < -0.39 is 28.5 Å². The highest BCUT2D eigenvalue weighted by molar-refractivity contribution is 9.10. The third-order valence-electron chi connectivity index (χ3n) is 6.01. The average molecular weight is 621 g/mol. The Kier molecular flexibility index (Phi) is 10.4. The van der Waals surface area contributed by atoms with Crippen LogP contribution in [0.2, 0.25) is 5.02 Å². The summed E-state index contributed by atoms with van der Waals surface area (Å²) in [6, 6.07) is 19.4. The highest BCUT2D eigenvalue weighted by Gasteiger charge is 2.33. The molecule has 0 saturated carbocycles. The van der Waals surface area contributed by atoms with Gasteiger partial charge in [0.1, 0.15) is 12.6 Å². The number of aryl methyl sites for hydroxylation is 1. The van der Waals surface area contributed by atoms with Crippen molar-refractivity contribution >= 4 is 55.1 Å². The van der Waals surface area contributed by atoms with Crippen molar-refractivity contribution in [3.63, 3.8) is 0 Å². The number of amides is 2. The second-order valence-corrected chi connectivity index (χ2v) is 12.0. The van der Waals surface area contributed by atoms with E-state index in [0.29, 0.717) is 23.7 Å². The van der Waals surface area contributed by atoms with Gasteiger partial charge in [0.05, 0.1) is 10.6 Å². The van der Waals surface area contributed by atoms with Crippen molar-refractivity contribution in [2.75, 3.05) is 17.4 Å². The van der Waals surface area contributed by atoms with Gasteiger partial charge in [0, 0.05) is 22.6 Å². The smallest absolute Gasteiger partial charge is 0.264 e. The summed E-state index contributed by atoms with van der Waals surface area (Å²) in [5.41, 5.74) is 2.01. The van der Waals surface area contributed by atoms with Crippen LogP contribution in [0.5, 0.6) is 0 Å². The quantitative estimate of drug-likeness (QED) is 0.305. The molecule has 0 bridgehead atoms. The summed E-state index contributed by atoms with van der Waals surface area (Å²) in [6.07, 6.45) is 0.355. The Bertz CT molecular complexity index is 1350. The number of anilines is 1. The minimum atomic E-state index is -4.10. The normalized spacial score (nSPS) is 12.0. The lowest BCUT2D eigenvalue weighted by molar-refractivity contribution is -0.140. The number of rotatable bonds is 11. The topological polar surface area (TPSA) is 86.8 Å². The monoisotopic (exact) mass is 619 g/mol. The molecular weight excluding hydrogens is 590 g/mol. The summed E-state index contributed by atoms with van der Waals surface area (Å²) in [5, 5.41) is 3.34. The minimum Gasteiger partial charge on any atom is -0.355 e. The molecule has 0 aromatic heterocycles. The van der Waals surface area contributed by atoms with E-state index in [1.807, 2.05) is 13.8 Å². The van der Waals surface area contributed by atoms with Crippen molar-refractivity contribution in [1.82, 2.24) is 10.2 Å². The molecule has 1 atom stereocenters. The standard InChI is InChI=1S/C28H31BrClN3O4S/c1-4-26(28(35)31-5-2)32(18-21-8-12-23(30)13-9-21)27(34)19-33(24-14-10-22(29)11-15-24)38(36,37)25-16-6-20(3)7-17-25/h6-17,26H,4-5,18-19H2,1-3H3,(H,31,35). The Hall–Kier alpha value is -2.88. The van der Waals surface area contributed by atoms with Crippen molar-refractivity contribution in [2.24, 2.45) is 0 Å². The first kappa shape index (κ1) is 29.7. The van der Waals surface area contributed by atoms with Gasteiger partial charge >= 0.3 is 0 Å². The lowest BCUT2D eigenvalue weighted by Gasteiger charge is -2.33. The number of hydrogen-bond acceptors (Lipinski definition) is 4. The number of carbonyl (C=O) groups is 2. The molecule has 3 aromatic rings. The Morgan fingerprint density at radius 3 is 2.11 bits per heavy atom. The van der Waals surface area contributed by atoms with Crippen LogP contribution in [-0.4, -0.2) is 44.3 Å². The zero-order valence-corrected chi connectivity index (χ0v) is 24.7. The number of halogens is 2. The maximum absolute atomic E-state index is 13.9. The largest absolute Gasteiger partial charge is 0.355 e. The number of sulfonamides is 1. The average Bonchev–Trinajstić information content (AvgIpc) is 2.89. The van der Waals surface area contributed by atoms with Crippen LogP contribution in [0.1, 0.15) is 31.4 Å². The Labute approximate surface area is 238 Å². The van der Waals surface area contributed by atoms with Crippen LogP contribution in [0.15, 0.2) is 82.2 Å². The third-order valence-corrected chi connectivity index (χ3v) is 8.57. The van der Waals surface area contributed by atoms with Gasteiger partial charge in [0.25, 0.3) is 10.0 Å². The van der Waals surface area contributed by atoms with Gasteiger partial charge in [-0.05, 0) is 74.4 Å². The van der Waals surface area contributed by atoms with Crippen molar-refractivity contribution in [3.8, 4) is 0 Å². The molecule has 202 valence electrons. The van der Waals surface area contributed by atoms with Crippen LogP contribution in [-0.2, 0) is 26.2 Å². The maximum atomic E-state index is 13.9. The first-order valence-electron chi connectivity index (χ1n) is 12.2. The first-order valence-corrected chi connectivity index (χ1v) is 14.8. The van der Waals surface area contributed by atoms with Crippen LogP contribution in [0.4, 0.5) is 5.69 Å². The van der Waals surface area contributed by atoms with Crippen molar-refractivity contribution in [1.29, 1.82) is 0 Å².